The minimum Gasteiger partial charge on any atom is -0.478 e. The molecule has 0 spiro atoms. The van der Waals surface area contributed by atoms with Gasteiger partial charge in [0.2, 0.25) is 5.91 Å². The van der Waals surface area contributed by atoms with E-state index in [0.717, 1.165) is 0 Å². The number of anilines is 1. The van der Waals surface area contributed by atoms with Crippen LogP contribution in [0.15, 0.2) is 24.3 Å². The van der Waals surface area contributed by atoms with Gasteiger partial charge in [-0.3, -0.25) is 4.79 Å². The summed E-state index contributed by atoms with van der Waals surface area (Å²) in [5, 5.41) is 9.14. The Kier molecular flexibility index (Phi) is 4.89. The lowest BCUT2D eigenvalue weighted by atomic mass is 9.85. The Morgan fingerprint density at radius 2 is 1.85 bits per heavy atom. The lowest BCUT2D eigenvalue weighted by Crippen LogP contribution is -2.41. The van der Waals surface area contributed by atoms with Crippen LogP contribution in [0, 0.1) is 5.41 Å². The number of carboxylic acid groups (broad SMARTS) is 1. The molecular formula is C15H22N2O3. The van der Waals surface area contributed by atoms with Crippen molar-refractivity contribution in [3.63, 3.8) is 0 Å². The van der Waals surface area contributed by atoms with Crippen molar-refractivity contribution >= 4 is 17.6 Å². The molecule has 0 bridgehead atoms. The molecule has 110 valence electrons. The third-order valence-corrected chi connectivity index (χ3v) is 3.38. The summed E-state index contributed by atoms with van der Waals surface area (Å²) < 4.78 is 0. The Labute approximate surface area is 119 Å². The maximum Gasteiger partial charge on any atom is 0.337 e. The van der Waals surface area contributed by atoms with E-state index >= 15 is 0 Å². The molecule has 0 heterocycles. The molecule has 5 heteroatoms. The summed E-state index contributed by atoms with van der Waals surface area (Å²) in [6, 6.07) is 6.14. The van der Waals surface area contributed by atoms with E-state index in [9.17, 15) is 9.59 Å². The predicted octanol–water partition coefficient (Wildman–Crippen LogP) is 2.11. The monoisotopic (exact) mass is 278 g/mol. The molecule has 5 nitrogen and oxygen atoms in total. The minimum atomic E-state index is -1.06. The highest BCUT2D eigenvalue weighted by Crippen LogP contribution is 2.23. The smallest absolute Gasteiger partial charge is 0.337 e. The largest absolute Gasteiger partial charge is 0.478 e. The average Bonchev–Trinajstić information content (AvgIpc) is 2.36. The van der Waals surface area contributed by atoms with E-state index in [1.165, 1.54) is 11.0 Å². The predicted molar refractivity (Wildman–Crippen MR) is 78.9 cm³/mol. The Balaban J connectivity index is 2.93. The zero-order valence-corrected chi connectivity index (χ0v) is 12.4. The van der Waals surface area contributed by atoms with Crippen LogP contribution >= 0.6 is 0 Å². The van der Waals surface area contributed by atoms with Gasteiger partial charge in [0.1, 0.15) is 0 Å². The zero-order chi connectivity index (χ0) is 15.5. The number of nitrogens with zero attached hydrogens (tertiary/aromatic N) is 1. The highest BCUT2D eigenvalue weighted by atomic mass is 16.4. The molecule has 20 heavy (non-hydrogen) atoms. The molecule has 0 fully saturated rings. The second-order valence-electron chi connectivity index (χ2n) is 5.95. The lowest BCUT2D eigenvalue weighted by Gasteiger charge is -2.28. The van der Waals surface area contributed by atoms with Gasteiger partial charge in [-0.25, -0.2) is 4.79 Å². The van der Waals surface area contributed by atoms with Gasteiger partial charge in [0.25, 0.3) is 0 Å². The molecule has 0 saturated heterocycles. The van der Waals surface area contributed by atoms with Crippen molar-refractivity contribution in [1.29, 1.82) is 0 Å². The summed E-state index contributed by atoms with van der Waals surface area (Å²) in [7, 11) is 1.57. The molecule has 0 aliphatic heterocycles. The normalized spacial score (nSPS) is 12.8. The van der Waals surface area contributed by atoms with Gasteiger partial charge in [-0.2, -0.15) is 0 Å². The molecule has 0 radical (unpaired) electrons. The van der Waals surface area contributed by atoms with Crippen LogP contribution in [0.3, 0.4) is 0 Å². The van der Waals surface area contributed by atoms with Crippen molar-refractivity contribution in [2.45, 2.75) is 33.2 Å². The van der Waals surface area contributed by atoms with Crippen LogP contribution in [-0.2, 0) is 4.79 Å². The van der Waals surface area contributed by atoms with E-state index in [0.29, 0.717) is 5.69 Å². The molecule has 0 saturated carbocycles. The van der Waals surface area contributed by atoms with E-state index in [2.05, 4.69) is 0 Å². The van der Waals surface area contributed by atoms with E-state index in [1.54, 1.807) is 25.2 Å². The van der Waals surface area contributed by atoms with Crippen molar-refractivity contribution in [3.05, 3.63) is 29.8 Å². The van der Waals surface area contributed by atoms with Crippen molar-refractivity contribution in [3.8, 4) is 0 Å². The molecule has 3 N–H and O–H groups in total. The summed E-state index contributed by atoms with van der Waals surface area (Å²) >= 11 is 0. The molecule has 1 amide bonds. The molecule has 1 aromatic rings. The topological polar surface area (TPSA) is 83.6 Å². The second kappa shape index (κ2) is 6.05. The molecule has 0 aliphatic rings. The molecule has 1 unspecified atom stereocenters. The molecule has 0 aliphatic carbocycles. The number of nitrogens with two attached hydrogens (primary N) is 1. The summed E-state index contributed by atoms with van der Waals surface area (Å²) in [5.41, 5.74) is 6.31. The first kappa shape index (κ1) is 16.2. The van der Waals surface area contributed by atoms with Gasteiger partial charge < -0.3 is 15.7 Å². The molecule has 1 aromatic carbocycles. The fourth-order valence-corrected chi connectivity index (χ4v) is 1.71. The number of aromatic carboxylic acids is 1. The summed E-state index contributed by atoms with van der Waals surface area (Å²) in [6.07, 6.45) is 0.175. The van der Waals surface area contributed by atoms with Crippen LogP contribution in [-0.4, -0.2) is 30.1 Å². The first-order chi connectivity index (χ1) is 9.14. The van der Waals surface area contributed by atoms with Crippen LogP contribution < -0.4 is 10.6 Å². The summed E-state index contributed by atoms with van der Waals surface area (Å²) in [5.74, 6) is -1.25. The standard InChI is InChI=1S/C15H22N2O3/c1-15(2,3)12(16)9-13(18)17(4)11-8-6-5-7-10(11)14(19)20/h5-8,12H,9,16H2,1-4H3,(H,19,20). The number of carbonyl (C=O) groups excluding carboxylic acids is 1. The van der Waals surface area contributed by atoms with Gasteiger partial charge in [-0.1, -0.05) is 32.9 Å². The Morgan fingerprint density at radius 1 is 1.30 bits per heavy atom. The van der Waals surface area contributed by atoms with Crippen LogP contribution in [0.4, 0.5) is 5.69 Å². The van der Waals surface area contributed by atoms with E-state index < -0.39 is 5.97 Å². The van der Waals surface area contributed by atoms with Crippen LogP contribution in [0.2, 0.25) is 0 Å². The Hall–Kier alpha value is -1.88. The number of carboxylic acids is 1. The maximum atomic E-state index is 12.2. The molecule has 0 aromatic heterocycles. The van der Waals surface area contributed by atoms with Crippen molar-refractivity contribution in [2.24, 2.45) is 11.1 Å². The quantitative estimate of drug-likeness (QED) is 0.883. The number of benzene rings is 1. The van der Waals surface area contributed by atoms with Gasteiger partial charge in [0, 0.05) is 19.5 Å². The first-order valence-electron chi connectivity index (χ1n) is 6.49. The number of para-hydroxylation sites is 1. The van der Waals surface area contributed by atoms with Crippen molar-refractivity contribution in [2.75, 3.05) is 11.9 Å². The number of amides is 1. The van der Waals surface area contributed by atoms with E-state index in [1.807, 2.05) is 20.8 Å². The van der Waals surface area contributed by atoms with E-state index in [-0.39, 0.29) is 29.3 Å². The van der Waals surface area contributed by atoms with E-state index in [4.69, 9.17) is 10.8 Å². The molecular weight excluding hydrogens is 256 g/mol. The second-order valence-corrected chi connectivity index (χ2v) is 5.95. The van der Waals surface area contributed by atoms with Gasteiger partial charge >= 0.3 is 5.97 Å². The highest BCUT2D eigenvalue weighted by molar-refractivity contribution is 6.01. The third-order valence-electron chi connectivity index (χ3n) is 3.38. The lowest BCUT2D eigenvalue weighted by molar-refractivity contribution is -0.119. The number of hydrogen-bond acceptors (Lipinski definition) is 3. The highest BCUT2D eigenvalue weighted by Gasteiger charge is 2.26. The first-order valence-corrected chi connectivity index (χ1v) is 6.49. The number of rotatable bonds is 4. The maximum absolute atomic E-state index is 12.2. The number of carbonyl (C=O) groups is 2. The Morgan fingerprint density at radius 3 is 2.35 bits per heavy atom. The van der Waals surface area contributed by atoms with Crippen molar-refractivity contribution in [1.82, 2.24) is 0 Å². The molecule has 1 atom stereocenters. The summed E-state index contributed by atoms with van der Waals surface area (Å²) in [4.78, 5) is 24.8. The Bertz CT molecular complexity index is 506. The van der Waals surface area contributed by atoms with Gasteiger partial charge in [0.15, 0.2) is 0 Å². The summed E-state index contributed by atoms with van der Waals surface area (Å²) in [6.45, 7) is 5.91. The number of hydrogen-bond donors (Lipinski definition) is 2. The molecule has 1 rings (SSSR count). The average molecular weight is 278 g/mol. The zero-order valence-electron chi connectivity index (χ0n) is 12.4. The third kappa shape index (κ3) is 3.81. The SMILES string of the molecule is CN(C(=O)CC(N)C(C)(C)C)c1ccccc1C(=O)O. The van der Waals surface area contributed by atoms with Gasteiger partial charge in [-0.15, -0.1) is 0 Å². The van der Waals surface area contributed by atoms with Crippen LogP contribution in [0.1, 0.15) is 37.6 Å². The fourth-order valence-electron chi connectivity index (χ4n) is 1.71. The van der Waals surface area contributed by atoms with Crippen LogP contribution in [0.5, 0.6) is 0 Å². The van der Waals surface area contributed by atoms with Gasteiger partial charge in [0.05, 0.1) is 11.3 Å². The van der Waals surface area contributed by atoms with Crippen LogP contribution in [0.25, 0.3) is 0 Å². The minimum absolute atomic E-state index is 0.104. The van der Waals surface area contributed by atoms with Crippen molar-refractivity contribution < 1.29 is 14.7 Å². The van der Waals surface area contributed by atoms with Gasteiger partial charge in [-0.05, 0) is 17.5 Å². The fraction of sp³-hybridized carbons (Fsp3) is 0.467.